The van der Waals surface area contributed by atoms with E-state index >= 15 is 0 Å². The largest absolute Gasteiger partial charge is 0.354 e. The highest BCUT2D eigenvalue weighted by Crippen LogP contribution is 2.07. The van der Waals surface area contributed by atoms with Crippen molar-refractivity contribution in [2.45, 2.75) is 19.4 Å². The van der Waals surface area contributed by atoms with Crippen molar-refractivity contribution in [3.63, 3.8) is 0 Å². The first-order valence-electron chi connectivity index (χ1n) is 7.82. The lowest BCUT2D eigenvalue weighted by Gasteiger charge is -2.13. The van der Waals surface area contributed by atoms with E-state index in [0.717, 1.165) is 16.7 Å². The van der Waals surface area contributed by atoms with Crippen molar-refractivity contribution in [1.29, 1.82) is 0 Å². The molecule has 3 rings (SSSR count). The van der Waals surface area contributed by atoms with Crippen molar-refractivity contribution in [1.82, 2.24) is 20.3 Å². The number of aromatic nitrogens is 3. The number of carbonyl (C=O) groups excluding carboxylic acids is 1. The molecule has 0 saturated carbocycles. The zero-order valence-electron chi connectivity index (χ0n) is 13.3. The summed E-state index contributed by atoms with van der Waals surface area (Å²) >= 11 is 0. The zero-order valence-corrected chi connectivity index (χ0v) is 13.3. The van der Waals surface area contributed by atoms with Crippen LogP contribution in [0, 0.1) is 0 Å². The lowest BCUT2D eigenvalue weighted by atomic mass is 10.1. The van der Waals surface area contributed by atoms with Gasteiger partial charge in [-0.2, -0.15) is 4.68 Å². The predicted octanol–water partition coefficient (Wildman–Crippen LogP) is 1.71. The normalized spacial score (nSPS) is 12.0. The summed E-state index contributed by atoms with van der Waals surface area (Å²) in [6, 6.07) is 16.1. The van der Waals surface area contributed by atoms with Crippen LogP contribution in [0.15, 0.2) is 59.4 Å². The summed E-state index contributed by atoms with van der Waals surface area (Å²) in [4.78, 5) is 24.7. The molecule has 0 spiro atoms. The third-order valence-corrected chi connectivity index (χ3v) is 3.89. The molecule has 1 N–H and O–H groups in total. The van der Waals surface area contributed by atoms with E-state index in [9.17, 15) is 9.59 Å². The van der Waals surface area contributed by atoms with Crippen molar-refractivity contribution >= 4 is 16.8 Å². The number of hydrogen-bond acceptors (Lipinski definition) is 4. The molecule has 3 aromatic rings. The molecule has 0 aliphatic rings. The monoisotopic (exact) mass is 322 g/mol. The quantitative estimate of drug-likeness (QED) is 0.776. The topological polar surface area (TPSA) is 76.9 Å². The Morgan fingerprint density at radius 1 is 1.12 bits per heavy atom. The molecule has 24 heavy (non-hydrogen) atoms. The molecule has 1 aromatic heterocycles. The van der Waals surface area contributed by atoms with Crippen molar-refractivity contribution in [3.8, 4) is 0 Å². The van der Waals surface area contributed by atoms with E-state index < -0.39 is 6.04 Å². The van der Waals surface area contributed by atoms with Gasteiger partial charge >= 0.3 is 0 Å². The lowest BCUT2D eigenvalue weighted by Crippen LogP contribution is -2.38. The first kappa shape index (κ1) is 15.9. The predicted molar refractivity (Wildman–Crippen MR) is 91.7 cm³/mol. The Balaban J connectivity index is 1.69. The Morgan fingerprint density at radius 2 is 1.83 bits per heavy atom. The Bertz CT molecular complexity index is 906. The number of nitrogens with one attached hydrogen (secondary N) is 1. The second kappa shape index (κ2) is 7.04. The van der Waals surface area contributed by atoms with Crippen LogP contribution in [0.5, 0.6) is 0 Å². The molecule has 0 bridgehead atoms. The van der Waals surface area contributed by atoms with Gasteiger partial charge in [-0.3, -0.25) is 9.59 Å². The number of amides is 1. The van der Waals surface area contributed by atoms with Crippen LogP contribution in [-0.4, -0.2) is 27.4 Å². The Kier molecular flexibility index (Phi) is 4.65. The first-order chi connectivity index (χ1) is 11.7. The first-order valence-corrected chi connectivity index (χ1v) is 7.82. The Morgan fingerprint density at radius 3 is 2.62 bits per heavy atom. The van der Waals surface area contributed by atoms with Crippen LogP contribution in [0.4, 0.5) is 0 Å². The third-order valence-electron chi connectivity index (χ3n) is 3.89. The van der Waals surface area contributed by atoms with Crippen LogP contribution in [-0.2, 0) is 11.2 Å². The summed E-state index contributed by atoms with van der Waals surface area (Å²) in [6.07, 6.45) is 0.734. The van der Waals surface area contributed by atoms with Crippen LogP contribution in [0.1, 0.15) is 18.5 Å². The van der Waals surface area contributed by atoms with Gasteiger partial charge in [0.05, 0.1) is 5.39 Å². The second-order valence-electron chi connectivity index (χ2n) is 5.56. The highest BCUT2D eigenvalue weighted by Gasteiger charge is 2.18. The molecule has 1 heterocycles. The molecule has 1 amide bonds. The maximum atomic E-state index is 12.5. The molecule has 0 aliphatic carbocycles. The maximum absolute atomic E-state index is 12.5. The summed E-state index contributed by atoms with van der Waals surface area (Å²) in [7, 11) is 0. The molecule has 6 heteroatoms. The minimum absolute atomic E-state index is 0.252. The summed E-state index contributed by atoms with van der Waals surface area (Å²) in [5.74, 6) is -0.252. The molecule has 1 atom stereocenters. The fourth-order valence-corrected chi connectivity index (χ4v) is 2.49. The molecule has 122 valence electrons. The van der Waals surface area contributed by atoms with Crippen LogP contribution < -0.4 is 10.9 Å². The molecule has 0 aliphatic heterocycles. The van der Waals surface area contributed by atoms with Gasteiger partial charge in [-0.25, -0.2) is 0 Å². The average molecular weight is 322 g/mol. The summed E-state index contributed by atoms with van der Waals surface area (Å²) in [5, 5.41) is 11.2. The molecule has 0 fully saturated rings. The van der Waals surface area contributed by atoms with Gasteiger partial charge in [-0.05, 0) is 31.0 Å². The van der Waals surface area contributed by atoms with Crippen LogP contribution in [0.25, 0.3) is 10.9 Å². The van der Waals surface area contributed by atoms with Crippen LogP contribution in [0.2, 0.25) is 0 Å². The number of benzene rings is 2. The van der Waals surface area contributed by atoms with Gasteiger partial charge in [0, 0.05) is 6.54 Å². The van der Waals surface area contributed by atoms with E-state index in [1.54, 1.807) is 31.2 Å². The summed E-state index contributed by atoms with van der Waals surface area (Å²) in [5.41, 5.74) is 1.36. The number of rotatable bonds is 5. The standard InChI is InChI=1S/C18H18N4O2/c1-13(17(23)19-12-11-14-7-3-2-4-8-14)22-18(24)15-9-5-6-10-16(15)20-21-22/h2-10,13H,11-12H2,1H3,(H,19,23)/t13-/m1/s1. The number of hydrogen-bond donors (Lipinski definition) is 1. The molecule has 0 saturated heterocycles. The number of nitrogens with zero attached hydrogens (tertiary/aromatic N) is 3. The molecule has 0 radical (unpaired) electrons. The molecular formula is C18H18N4O2. The lowest BCUT2D eigenvalue weighted by molar-refractivity contribution is -0.124. The summed E-state index contributed by atoms with van der Waals surface area (Å²) in [6.45, 7) is 2.14. The van der Waals surface area contributed by atoms with Crippen molar-refractivity contribution in [2.24, 2.45) is 0 Å². The van der Waals surface area contributed by atoms with Gasteiger partial charge in [0.1, 0.15) is 11.6 Å². The minimum Gasteiger partial charge on any atom is -0.354 e. The zero-order chi connectivity index (χ0) is 16.9. The average Bonchev–Trinajstić information content (AvgIpc) is 2.62. The van der Waals surface area contributed by atoms with E-state index in [4.69, 9.17) is 0 Å². The van der Waals surface area contributed by atoms with Gasteiger partial charge in [-0.15, -0.1) is 5.10 Å². The van der Waals surface area contributed by atoms with Gasteiger partial charge in [0.15, 0.2) is 0 Å². The summed E-state index contributed by atoms with van der Waals surface area (Å²) < 4.78 is 1.13. The smallest absolute Gasteiger partial charge is 0.278 e. The van der Waals surface area contributed by atoms with Crippen molar-refractivity contribution in [3.05, 3.63) is 70.5 Å². The molecule has 2 aromatic carbocycles. The van der Waals surface area contributed by atoms with Gasteiger partial charge in [0.25, 0.3) is 5.56 Å². The van der Waals surface area contributed by atoms with Crippen molar-refractivity contribution in [2.75, 3.05) is 6.54 Å². The number of carbonyl (C=O) groups is 1. The highest BCUT2D eigenvalue weighted by molar-refractivity contribution is 5.81. The minimum atomic E-state index is -0.717. The third kappa shape index (κ3) is 3.32. The van der Waals surface area contributed by atoms with Crippen molar-refractivity contribution < 1.29 is 4.79 Å². The fourth-order valence-electron chi connectivity index (χ4n) is 2.49. The molecular weight excluding hydrogens is 304 g/mol. The van der Waals surface area contributed by atoms with Gasteiger partial charge in [0.2, 0.25) is 5.91 Å². The molecule has 6 nitrogen and oxygen atoms in total. The van der Waals surface area contributed by atoms with E-state index in [0.29, 0.717) is 17.4 Å². The Hall–Kier alpha value is -3.02. The van der Waals surface area contributed by atoms with E-state index in [1.165, 1.54) is 0 Å². The van der Waals surface area contributed by atoms with Crippen LogP contribution in [0.3, 0.4) is 0 Å². The van der Waals surface area contributed by atoms with Gasteiger partial charge < -0.3 is 5.32 Å². The SMILES string of the molecule is C[C@H](C(=O)NCCc1ccccc1)n1nnc2ccccc2c1=O. The highest BCUT2D eigenvalue weighted by atomic mass is 16.2. The molecule has 0 unspecified atom stereocenters. The van der Waals surface area contributed by atoms with E-state index in [-0.39, 0.29) is 11.5 Å². The van der Waals surface area contributed by atoms with Crippen LogP contribution >= 0.6 is 0 Å². The van der Waals surface area contributed by atoms with E-state index in [1.807, 2.05) is 30.3 Å². The second-order valence-corrected chi connectivity index (χ2v) is 5.56. The van der Waals surface area contributed by atoms with Gasteiger partial charge in [-0.1, -0.05) is 47.7 Å². The number of fused-ring (bicyclic) bond motifs is 1. The fraction of sp³-hybridized carbons (Fsp3) is 0.222. The maximum Gasteiger partial charge on any atom is 0.278 e. The van der Waals surface area contributed by atoms with E-state index in [2.05, 4.69) is 15.6 Å². The Labute approximate surface area is 139 Å².